The molecule has 19 heavy (non-hydrogen) atoms. The van der Waals surface area contributed by atoms with Crippen molar-refractivity contribution < 1.29 is 9.66 Å². The van der Waals surface area contributed by atoms with E-state index in [0.717, 1.165) is 4.47 Å². The number of nitrogens with zero attached hydrogens (tertiary/aromatic N) is 2. The summed E-state index contributed by atoms with van der Waals surface area (Å²) in [6, 6.07) is 6.61. The van der Waals surface area contributed by atoms with E-state index in [2.05, 4.69) is 36.8 Å². The number of nitro benzene ring substituents is 1. The molecule has 0 aliphatic rings. The molecule has 0 aliphatic carbocycles. The maximum Gasteiger partial charge on any atom is 0.283 e. The molecule has 0 saturated heterocycles. The zero-order chi connectivity index (χ0) is 13.8. The van der Waals surface area contributed by atoms with Gasteiger partial charge in [0.2, 0.25) is 0 Å². The summed E-state index contributed by atoms with van der Waals surface area (Å²) in [6.45, 7) is 0.223. The molecular weight excluding hydrogens is 380 g/mol. The first-order valence-corrected chi connectivity index (χ1v) is 6.81. The average molecular weight is 388 g/mol. The van der Waals surface area contributed by atoms with Crippen molar-refractivity contribution in [1.82, 2.24) is 4.98 Å². The van der Waals surface area contributed by atoms with Crippen molar-refractivity contribution in [2.75, 3.05) is 0 Å². The van der Waals surface area contributed by atoms with Gasteiger partial charge in [0.15, 0.2) is 0 Å². The minimum atomic E-state index is -0.436. The minimum absolute atomic E-state index is 0.0217. The number of hydrogen-bond acceptors (Lipinski definition) is 4. The van der Waals surface area contributed by atoms with Crippen molar-refractivity contribution in [3.63, 3.8) is 0 Å². The Labute approximate surface area is 126 Å². The predicted molar refractivity (Wildman–Crippen MR) is 77.1 cm³/mol. The van der Waals surface area contributed by atoms with Crippen LogP contribution in [0, 0.1) is 10.1 Å². The monoisotopic (exact) mass is 386 g/mol. The van der Waals surface area contributed by atoms with Gasteiger partial charge in [-0.3, -0.25) is 15.1 Å². The lowest BCUT2D eigenvalue weighted by Gasteiger charge is -2.08. The summed E-state index contributed by atoms with van der Waals surface area (Å²) < 4.78 is 6.79. The molecule has 1 aromatic heterocycles. The van der Waals surface area contributed by atoms with Crippen molar-refractivity contribution in [2.24, 2.45) is 0 Å². The molecule has 0 aliphatic heterocycles. The number of pyridine rings is 1. The Bertz CT molecular complexity index is 620. The molecule has 0 unspecified atom stereocenters. The van der Waals surface area contributed by atoms with Crippen molar-refractivity contribution in [3.05, 3.63) is 61.3 Å². The second kappa shape index (κ2) is 6.12. The van der Waals surface area contributed by atoms with E-state index in [1.165, 1.54) is 6.07 Å². The number of rotatable bonds is 4. The van der Waals surface area contributed by atoms with Crippen LogP contribution in [0.3, 0.4) is 0 Å². The first-order valence-electron chi connectivity index (χ1n) is 5.23. The fraction of sp³-hybridized carbons (Fsp3) is 0.0833. The summed E-state index contributed by atoms with van der Waals surface area (Å²) in [5.74, 6) is 0.591. The number of ether oxygens (including phenoxy) is 1. The van der Waals surface area contributed by atoms with Gasteiger partial charge in [-0.15, -0.1) is 0 Å². The van der Waals surface area contributed by atoms with Crippen LogP contribution in [0.15, 0.2) is 45.6 Å². The van der Waals surface area contributed by atoms with Crippen molar-refractivity contribution in [3.8, 4) is 5.75 Å². The zero-order valence-electron chi connectivity index (χ0n) is 9.55. The fourth-order valence-electron chi connectivity index (χ4n) is 1.45. The third-order valence-electron chi connectivity index (χ3n) is 2.33. The van der Waals surface area contributed by atoms with E-state index in [1.807, 2.05) is 0 Å². The van der Waals surface area contributed by atoms with E-state index in [0.29, 0.717) is 15.8 Å². The summed E-state index contributed by atoms with van der Waals surface area (Å²) in [6.07, 6.45) is 3.23. The van der Waals surface area contributed by atoms with E-state index in [9.17, 15) is 10.1 Å². The highest BCUT2D eigenvalue weighted by atomic mass is 79.9. The summed E-state index contributed by atoms with van der Waals surface area (Å²) in [7, 11) is 0. The molecule has 5 nitrogen and oxygen atoms in total. The highest BCUT2D eigenvalue weighted by molar-refractivity contribution is 9.10. The van der Waals surface area contributed by atoms with Gasteiger partial charge in [0.25, 0.3) is 5.69 Å². The van der Waals surface area contributed by atoms with Crippen molar-refractivity contribution in [2.45, 2.75) is 6.61 Å². The number of halogens is 2. The van der Waals surface area contributed by atoms with Gasteiger partial charge in [-0.1, -0.05) is 12.1 Å². The highest BCUT2D eigenvalue weighted by Crippen LogP contribution is 2.29. The second-order valence-electron chi connectivity index (χ2n) is 3.63. The lowest BCUT2D eigenvalue weighted by Crippen LogP contribution is -1.99. The van der Waals surface area contributed by atoms with Crippen molar-refractivity contribution in [1.29, 1.82) is 0 Å². The van der Waals surface area contributed by atoms with Gasteiger partial charge in [0, 0.05) is 22.3 Å². The van der Waals surface area contributed by atoms with Gasteiger partial charge < -0.3 is 4.74 Å². The molecule has 0 radical (unpaired) electrons. The van der Waals surface area contributed by atoms with E-state index >= 15 is 0 Å². The summed E-state index contributed by atoms with van der Waals surface area (Å²) in [5, 5.41) is 10.8. The summed E-state index contributed by atoms with van der Waals surface area (Å²) in [4.78, 5) is 14.3. The summed E-state index contributed by atoms with van der Waals surface area (Å²) >= 11 is 6.52. The molecule has 1 heterocycles. The maximum absolute atomic E-state index is 10.8. The molecule has 0 amide bonds. The molecule has 0 bridgehead atoms. The molecule has 7 heteroatoms. The van der Waals surface area contributed by atoms with Crippen LogP contribution in [0.5, 0.6) is 5.75 Å². The third kappa shape index (κ3) is 3.51. The van der Waals surface area contributed by atoms with Gasteiger partial charge >= 0.3 is 0 Å². The Morgan fingerprint density at radius 2 is 2.11 bits per heavy atom. The molecule has 0 N–H and O–H groups in total. The lowest BCUT2D eigenvalue weighted by molar-refractivity contribution is -0.385. The van der Waals surface area contributed by atoms with E-state index in [4.69, 9.17) is 4.74 Å². The number of nitro groups is 1. The van der Waals surface area contributed by atoms with Gasteiger partial charge in [-0.2, -0.15) is 0 Å². The van der Waals surface area contributed by atoms with Crippen LogP contribution in [0.4, 0.5) is 5.69 Å². The van der Waals surface area contributed by atoms with Gasteiger partial charge in [-0.25, -0.2) is 0 Å². The smallest absolute Gasteiger partial charge is 0.283 e. The Morgan fingerprint density at radius 3 is 2.79 bits per heavy atom. The first kappa shape index (κ1) is 14.0. The average Bonchev–Trinajstić information content (AvgIpc) is 2.37. The van der Waals surface area contributed by atoms with Crippen LogP contribution < -0.4 is 4.74 Å². The number of aromatic nitrogens is 1. The molecule has 1 aromatic carbocycles. The van der Waals surface area contributed by atoms with Crippen LogP contribution in [-0.4, -0.2) is 9.91 Å². The Balaban J connectivity index is 2.16. The second-order valence-corrected chi connectivity index (χ2v) is 5.34. The quantitative estimate of drug-likeness (QED) is 0.585. The first-order chi connectivity index (χ1) is 9.08. The molecule has 0 saturated carbocycles. The minimum Gasteiger partial charge on any atom is -0.487 e. The Hall–Kier alpha value is -1.47. The van der Waals surface area contributed by atoms with Crippen LogP contribution in [-0.2, 0) is 6.61 Å². The number of benzene rings is 1. The highest BCUT2D eigenvalue weighted by Gasteiger charge is 2.14. The molecule has 2 rings (SSSR count). The predicted octanol–water partition coefficient (Wildman–Crippen LogP) is 4.09. The van der Waals surface area contributed by atoms with Crippen LogP contribution in [0.25, 0.3) is 0 Å². The van der Waals surface area contributed by atoms with E-state index in [1.54, 1.807) is 30.6 Å². The van der Waals surface area contributed by atoms with Gasteiger partial charge in [-0.05, 0) is 37.9 Å². The Morgan fingerprint density at radius 1 is 1.32 bits per heavy atom. The molecule has 98 valence electrons. The standard InChI is InChI=1S/C12H8Br2N2O3/c13-9-4-10(6-15-5-9)19-7-8-2-1-3-11(12(8)14)16(17)18/h1-6H,7H2. The van der Waals surface area contributed by atoms with Gasteiger partial charge in [0.05, 0.1) is 11.1 Å². The van der Waals surface area contributed by atoms with Crippen LogP contribution >= 0.6 is 31.9 Å². The van der Waals surface area contributed by atoms with Gasteiger partial charge in [0.1, 0.15) is 16.8 Å². The van der Waals surface area contributed by atoms with Crippen molar-refractivity contribution >= 4 is 37.5 Å². The van der Waals surface area contributed by atoms with E-state index < -0.39 is 4.92 Å². The largest absolute Gasteiger partial charge is 0.487 e. The van der Waals surface area contributed by atoms with E-state index in [-0.39, 0.29) is 12.3 Å². The lowest BCUT2D eigenvalue weighted by atomic mass is 10.2. The summed E-state index contributed by atoms with van der Waals surface area (Å²) in [5.41, 5.74) is 0.725. The Kier molecular flexibility index (Phi) is 4.49. The molecule has 2 aromatic rings. The SMILES string of the molecule is O=[N+]([O-])c1cccc(COc2cncc(Br)c2)c1Br. The maximum atomic E-state index is 10.8. The normalized spacial score (nSPS) is 10.2. The molecule has 0 fully saturated rings. The number of hydrogen-bond donors (Lipinski definition) is 0. The molecule has 0 spiro atoms. The topological polar surface area (TPSA) is 65.3 Å². The molecule has 0 atom stereocenters. The van der Waals surface area contributed by atoms with Crippen LogP contribution in [0.2, 0.25) is 0 Å². The third-order valence-corrected chi connectivity index (χ3v) is 3.68. The molecular formula is C12H8Br2N2O3. The van der Waals surface area contributed by atoms with Crippen LogP contribution in [0.1, 0.15) is 5.56 Å². The fourth-order valence-corrected chi connectivity index (χ4v) is 2.32. The zero-order valence-corrected chi connectivity index (χ0v) is 12.7.